The van der Waals surface area contributed by atoms with E-state index in [0.29, 0.717) is 18.1 Å². The van der Waals surface area contributed by atoms with E-state index in [-0.39, 0.29) is 18.2 Å². The number of aromatic nitrogens is 2. The van der Waals surface area contributed by atoms with E-state index in [1.54, 1.807) is 0 Å². The van der Waals surface area contributed by atoms with Gasteiger partial charge in [0.1, 0.15) is 0 Å². The van der Waals surface area contributed by atoms with Gasteiger partial charge in [0.25, 0.3) is 0 Å². The number of para-hydroxylation sites is 1. The summed E-state index contributed by atoms with van der Waals surface area (Å²) in [6.07, 6.45) is 1.43. The van der Waals surface area contributed by atoms with Crippen LogP contribution in [0.1, 0.15) is 23.5 Å². The lowest BCUT2D eigenvalue weighted by Gasteiger charge is -2.24. The number of hydrogen-bond acceptors (Lipinski definition) is 5. The molecule has 0 radical (unpaired) electrons. The summed E-state index contributed by atoms with van der Waals surface area (Å²) in [5, 5.41) is 9.50. The summed E-state index contributed by atoms with van der Waals surface area (Å²) in [5.74, 6) is -0.258. The molecule has 1 aliphatic heterocycles. The second kappa shape index (κ2) is 6.79. The van der Waals surface area contributed by atoms with Crippen molar-refractivity contribution < 1.29 is 14.1 Å². The average molecular weight is 348 g/mol. The molecule has 0 fully saturated rings. The zero-order valence-corrected chi connectivity index (χ0v) is 13.8. The molecule has 0 saturated heterocycles. The molecule has 0 bridgehead atoms. The quantitative estimate of drug-likeness (QED) is 0.755. The fourth-order valence-corrected chi connectivity index (χ4v) is 3.03. The van der Waals surface area contributed by atoms with Gasteiger partial charge in [-0.1, -0.05) is 47.6 Å². The van der Waals surface area contributed by atoms with E-state index in [1.165, 1.54) is 6.39 Å². The molecule has 2 N–H and O–H groups in total. The summed E-state index contributed by atoms with van der Waals surface area (Å²) >= 11 is 0. The third-order valence-corrected chi connectivity index (χ3v) is 4.36. The van der Waals surface area contributed by atoms with E-state index < -0.39 is 5.92 Å². The Bertz CT molecular complexity index is 936. The first-order valence-electron chi connectivity index (χ1n) is 8.23. The number of benzene rings is 2. The van der Waals surface area contributed by atoms with E-state index in [4.69, 9.17) is 4.52 Å². The normalized spacial score (nSPS) is 15.8. The fraction of sp³-hybridized carbons (Fsp3) is 0.158. The third-order valence-electron chi connectivity index (χ3n) is 4.36. The predicted octanol–water partition coefficient (Wildman–Crippen LogP) is 2.48. The van der Waals surface area contributed by atoms with Gasteiger partial charge in [0, 0.05) is 24.2 Å². The topological polar surface area (TPSA) is 97.1 Å². The molecule has 0 saturated carbocycles. The molecule has 26 heavy (non-hydrogen) atoms. The monoisotopic (exact) mass is 348 g/mol. The van der Waals surface area contributed by atoms with Crippen LogP contribution in [-0.4, -0.2) is 22.0 Å². The Morgan fingerprint density at radius 3 is 2.77 bits per heavy atom. The highest BCUT2D eigenvalue weighted by atomic mass is 16.5. The predicted molar refractivity (Wildman–Crippen MR) is 94.0 cm³/mol. The average Bonchev–Trinajstić information content (AvgIpc) is 3.20. The van der Waals surface area contributed by atoms with Gasteiger partial charge in [-0.25, -0.2) is 0 Å². The van der Waals surface area contributed by atoms with Crippen LogP contribution < -0.4 is 10.6 Å². The summed E-state index contributed by atoms with van der Waals surface area (Å²) in [4.78, 5) is 28.5. The Kier molecular flexibility index (Phi) is 4.18. The van der Waals surface area contributed by atoms with E-state index in [1.807, 2.05) is 48.5 Å². The molecule has 2 heterocycles. The Labute approximate surface area is 149 Å². The third kappa shape index (κ3) is 3.19. The van der Waals surface area contributed by atoms with Gasteiger partial charge in [0.15, 0.2) is 0 Å². The molecule has 1 aromatic heterocycles. The SMILES string of the molecule is O=C1C[C@H](C(=O)NCc2ccc(-c3ncon3)cc2)c2ccccc2N1. The van der Waals surface area contributed by atoms with Gasteiger partial charge >= 0.3 is 0 Å². The molecular weight excluding hydrogens is 332 g/mol. The standard InChI is InChI=1S/C19H16N4O3/c24-17-9-15(14-3-1-2-4-16(14)22-17)19(25)20-10-12-5-7-13(8-6-12)18-21-11-26-23-18/h1-8,11,15H,9-10H2,(H,20,25)(H,22,24)/t15-/m0/s1. The van der Waals surface area contributed by atoms with Crippen molar-refractivity contribution in [3.05, 3.63) is 66.1 Å². The number of carbonyl (C=O) groups excluding carboxylic acids is 2. The van der Waals surface area contributed by atoms with Crippen LogP contribution in [0, 0.1) is 0 Å². The summed E-state index contributed by atoms with van der Waals surface area (Å²) in [5.41, 5.74) is 3.33. The Morgan fingerprint density at radius 2 is 2.00 bits per heavy atom. The lowest BCUT2D eigenvalue weighted by Crippen LogP contribution is -2.34. The van der Waals surface area contributed by atoms with Crippen LogP contribution in [0.25, 0.3) is 11.4 Å². The van der Waals surface area contributed by atoms with Crippen LogP contribution in [0.5, 0.6) is 0 Å². The number of carbonyl (C=O) groups is 2. The minimum Gasteiger partial charge on any atom is -0.351 e. The molecule has 7 heteroatoms. The van der Waals surface area contributed by atoms with Crippen LogP contribution in [0.3, 0.4) is 0 Å². The van der Waals surface area contributed by atoms with Crippen molar-refractivity contribution in [3.63, 3.8) is 0 Å². The van der Waals surface area contributed by atoms with E-state index in [2.05, 4.69) is 20.8 Å². The van der Waals surface area contributed by atoms with Crippen LogP contribution in [0.2, 0.25) is 0 Å². The van der Waals surface area contributed by atoms with E-state index in [0.717, 1.165) is 16.7 Å². The largest absolute Gasteiger partial charge is 0.351 e. The van der Waals surface area contributed by atoms with Gasteiger partial charge in [-0.2, -0.15) is 4.98 Å². The molecule has 2 amide bonds. The number of fused-ring (bicyclic) bond motifs is 1. The van der Waals surface area contributed by atoms with E-state index >= 15 is 0 Å². The smallest absolute Gasteiger partial charge is 0.228 e. The first-order valence-corrected chi connectivity index (χ1v) is 8.23. The van der Waals surface area contributed by atoms with Crippen molar-refractivity contribution in [2.45, 2.75) is 18.9 Å². The van der Waals surface area contributed by atoms with Crippen LogP contribution >= 0.6 is 0 Å². The minimum atomic E-state index is -0.474. The summed E-state index contributed by atoms with van der Waals surface area (Å²) in [7, 11) is 0. The molecule has 1 atom stereocenters. The number of amides is 2. The highest BCUT2D eigenvalue weighted by molar-refractivity contribution is 6.01. The van der Waals surface area contributed by atoms with Gasteiger partial charge in [0.05, 0.1) is 5.92 Å². The van der Waals surface area contributed by atoms with Gasteiger partial charge < -0.3 is 15.2 Å². The fourth-order valence-electron chi connectivity index (χ4n) is 3.03. The number of hydrogen-bond donors (Lipinski definition) is 2. The first-order chi connectivity index (χ1) is 12.7. The van der Waals surface area contributed by atoms with E-state index in [9.17, 15) is 9.59 Å². The second-order valence-electron chi connectivity index (χ2n) is 6.06. The maximum atomic E-state index is 12.6. The number of nitrogens with one attached hydrogen (secondary N) is 2. The minimum absolute atomic E-state index is 0.145. The molecule has 0 spiro atoms. The second-order valence-corrected chi connectivity index (χ2v) is 6.06. The zero-order chi connectivity index (χ0) is 17.9. The molecule has 7 nitrogen and oxygen atoms in total. The molecule has 0 unspecified atom stereocenters. The Balaban J connectivity index is 1.43. The van der Waals surface area contributed by atoms with Crippen LogP contribution in [-0.2, 0) is 16.1 Å². The highest BCUT2D eigenvalue weighted by Gasteiger charge is 2.30. The van der Waals surface area contributed by atoms with Gasteiger partial charge in [-0.15, -0.1) is 0 Å². The van der Waals surface area contributed by atoms with Crippen molar-refractivity contribution in [2.75, 3.05) is 5.32 Å². The molecule has 1 aliphatic rings. The number of nitrogens with zero attached hydrogens (tertiary/aromatic N) is 2. The first kappa shape index (κ1) is 16.0. The Morgan fingerprint density at radius 1 is 1.19 bits per heavy atom. The molecular formula is C19H16N4O3. The summed E-state index contributed by atoms with van der Waals surface area (Å²) < 4.78 is 4.73. The van der Waals surface area contributed by atoms with Crippen molar-refractivity contribution in [2.24, 2.45) is 0 Å². The van der Waals surface area contributed by atoms with Crippen molar-refractivity contribution in [1.82, 2.24) is 15.5 Å². The van der Waals surface area contributed by atoms with Crippen LogP contribution in [0.4, 0.5) is 5.69 Å². The lowest BCUT2D eigenvalue weighted by molar-refractivity contribution is -0.126. The molecule has 3 aromatic rings. The van der Waals surface area contributed by atoms with Crippen LogP contribution in [0.15, 0.2) is 59.4 Å². The maximum Gasteiger partial charge on any atom is 0.228 e. The van der Waals surface area contributed by atoms with Gasteiger partial charge in [0.2, 0.25) is 24.0 Å². The van der Waals surface area contributed by atoms with Gasteiger partial charge in [-0.05, 0) is 17.2 Å². The Hall–Kier alpha value is -3.48. The highest BCUT2D eigenvalue weighted by Crippen LogP contribution is 2.32. The van der Waals surface area contributed by atoms with Crippen molar-refractivity contribution >= 4 is 17.5 Å². The summed E-state index contributed by atoms with van der Waals surface area (Å²) in [6.45, 7) is 0.381. The summed E-state index contributed by atoms with van der Waals surface area (Å²) in [6, 6.07) is 14.9. The molecule has 4 rings (SSSR count). The van der Waals surface area contributed by atoms with Crippen molar-refractivity contribution in [1.29, 1.82) is 0 Å². The van der Waals surface area contributed by atoms with Gasteiger partial charge in [-0.3, -0.25) is 9.59 Å². The molecule has 2 aromatic carbocycles. The lowest BCUT2D eigenvalue weighted by atomic mass is 9.90. The molecule has 0 aliphatic carbocycles. The number of anilines is 1. The number of rotatable bonds is 4. The maximum absolute atomic E-state index is 12.6. The zero-order valence-electron chi connectivity index (χ0n) is 13.8. The molecule has 130 valence electrons. The van der Waals surface area contributed by atoms with Crippen molar-refractivity contribution in [3.8, 4) is 11.4 Å².